The van der Waals surface area contributed by atoms with Crippen molar-refractivity contribution in [2.24, 2.45) is 22.6 Å². The Labute approximate surface area is 236 Å². The van der Waals surface area contributed by atoms with Crippen molar-refractivity contribution in [2.45, 2.75) is 77.3 Å². The Kier molecular flexibility index (Phi) is 9.25. The fourth-order valence-electron chi connectivity index (χ4n) is 5.75. The summed E-state index contributed by atoms with van der Waals surface area (Å²) in [7, 11) is 1.42. The van der Waals surface area contributed by atoms with E-state index in [1.807, 2.05) is 13.0 Å². The second-order valence-corrected chi connectivity index (χ2v) is 10.9. The summed E-state index contributed by atoms with van der Waals surface area (Å²) in [5.41, 5.74) is 6.16. The van der Waals surface area contributed by atoms with Crippen LogP contribution in [0.25, 0.3) is 0 Å². The number of aryl methyl sites for hydroxylation is 2. The Bertz CT molecular complexity index is 1200. The van der Waals surface area contributed by atoms with E-state index < -0.39 is 23.5 Å². The number of rotatable bonds is 9. The molecule has 0 spiro atoms. The highest BCUT2D eigenvalue weighted by molar-refractivity contribution is 5.78. The van der Waals surface area contributed by atoms with Gasteiger partial charge in [-0.25, -0.2) is 15.9 Å². The molecule has 226 valence electrons. The Morgan fingerprint density at radius 3 is 2.15 bits per heavy atom. The third-order valence-electron chi connectivity index (χ3n) is 7.71. The second-order valence-electron chi connectivity index (χ2n) is 10.9. The molecular weight excluding hydrogens is 548 g/mol. The number of hydrogen-bond donors (Lipinski definition) is 2. The normalized spacial score (nSPS) is 16.3. The lowest BCUT2D eigenvalue weighted by molar-refractivity contribution is -0.143. The molecule has 41 heavy (non-hydrogen) atoms. The average Bonchev–Trinajstić information content (AvgIpc) is 3.56. The molecule has 2 aliphatic rings. The minimum Gasteiger partial charge on any atom is -0.368 e. The van der Waals surface area contributed by atoms with E-state index in [1.165, 1.54) is 24.8 Å². The maximum absolute atomic E-state index is 13.6. The van der Waals surface area contributed by atoms with Gasteiger partial charge < -0.3 is 15.5 Å². The van der Waals surface area contributed by atoms with Gasteiger partial charge in [0.2, 0.25) is 5.96 Å². The number of hydrazone groups is 1. The van der Waals surface area contributed by atoms with Gasteiger partial charge in [-0.1, -0.05) is 12.8 Å². The predicted molar refractivity (Wildman–Crippen MR) is 145 cm³/mol. The molecule has 1 fully saturated rings. The van der Waals surface area contributed by atoms with Crippen LogP contribution in [-0.4, -0.2) is 41.1 Å². The largest absolute Gasteiger partial charge is 0.416 e. The van der Waals surface area contributed by atoms with Crippen LogP contribution in [0, 0.1) is 5.92 Å². The van der Waals surface area contributed by atoms with Crippen molar-refractivity contribution in [1.82, 2.24) is 15.0 Å². The number of guanidine groups is 1. The van der Waals surface area contributed by atoms with Crippen LogP contribution >= 0.6 is 0 Å². The van der Waals surface area contributed by atoms with Crippen molar-refractivity contribution in [1.29, 1.82) is 0 Å². The Hall–Kier alpha value is -3.22. The topological polar surface area (TPSA) is 87.0 Å². The number of fused-ring (bicyclic) bond motifs is 1. The van der Waals surface area contributed by atoms with Crippen LogP contribution in [0.2, 0.25) is 0 Å². The van der Waals surface area contributed by atoms with Gasteiger partial charge in [0, 0.05) is 44.5 Å². The number of anilines is 1. The molecule has 1 heterocycles. The summed E-state index contributed by atoms with van der Waals surface area (Å²) >= 11 is 0. The van der Waals surface area contributed by atoms with Crippen LogP contribution in [0.15, 0.2) is 29.4 Å². The zero-order valence-electron chi connectivity index (χ0n) is 23.3. The number of halogens is 6. The SMILES string of the molecule is CCN(CC1CCCC1)c1nc2c(cc1CN(Cc1cc(C(F)(F)F)cc(C(F)(F)F)c1)/C(N)=N/N(C)N)CCC2. The minimum atomic E-state index is -4.96. The van der Waals surface area contributed by atoms with E-state index in [0.29, 0.717) is 24.6 Å². The van der Waals surface area contributed by atoms with E-state index in [1.54, 1.807) is 0 Å². The van der Waals surface area contributed by atoms with Crippen LogP contribution in [0.5, 0.6) is 0 Å². The quantitative estimate of drug-likeness (QED) is 0.130. The highest BCUT2D eigenvalue weighted by Crippen LogP contribution is 2.37. The number of nitrogens with zero attached hydrogens (tertiary/aromatic N) is 5. The highest BCUT2D eigenvalue weighted by atomic mass is 19.4. The monoisotopic (exact) mass is 585 g/mol. The molecule has 0 unspecified atom stereocenters. The molecule has 0 amide bonds. The van der Waals surface area contributed by atoms with Gasteiger partial charge in [-0.3, -0.25) is 0 Å². The number of benzene rings is 1. The number of aromatic nitrogens is 1. The maximum Gasteiger partial charge on any atom is 0.416 e. The molecule has 2 aromatic rings. The van der Waals surface area contributed by atoms with E-state index >= 15 is 0 Å². The lowest BCUT2D eigenvalue weighted by Gasteiger charge is -2.31. The fourth-order valence-corrected chi connectivity index (χ4v) is 5.75. The lowest BCUT2D eigenvalue weighted by Crippen LogP contribution is -2.40. The molecule has 0 bridgehead atoms. The van der Waals surface area contributed by atoms with E-state index in [9.17, 15) is 26.3 Å². The van der Waals surface area contributed by atoms with Gasteiger partial charge in [-0.15, -0.1) is 5.10 Å². The molecule has 13 heteroatoms. The molecule has 0 saturated heterocycles. The fraction of sp³-hybridized carbons (Fsp3) is 0.571. The first-order chi connectivity index (χ1) is 19.2. The number of nitrogens with two attached hydrogens (primary N) is 2. The van der Waals surface area contributed by atoms with E-state index in [-0.39, 0.29) is 30.7 Å². The third-order valence-corrected chi connectivity index (χ3v) is 7.71. The first-order valence-corrected chi connectivity index (χ1v) is 13.9. The standard InChI is InChI=1S/C28H37F6N7/c1-3-40(15-18-7-4-5-8-18)25-21(13-20-9-6-10-24(20)37-25)17-41(26(35)38-39(2)36)16-19-11-22(27(29,30)31)14-23(12-19)28(32,33)34/h11-14,18H,3-10,15-17,36H2,1-2H3,(H2,35,38). The highest BCUT2D eigenvalue weighted by Gasteiger charge is 2.37. The van der Waals surface area contributed by atoms with Crippen molar-refractivity contribution in [2.75, 3.05) is 25.0 Å². The molecule has 4 rings (SSSR count). The predicted octanol–water partition coefficient (Wildman–Crippen LogP) is 5.66. The van der Waals surface area contributed by atoms with Gasteiger partial charge in [0.15, 0.2) is 0 Å². The summed E-state index contributed by atoms with van der Waals surface area (Å²) in [5, 5.41) is 4.96. The Balaban J connectivity index is 1.75. The van der Waals surface area contributed by atoms with Crippen LogP contribution in [0.4, 0.5) is 32.2 Å². The Morgan fingerprint density at radius 1 is 0.951 bits per heavy atom. The van der Waals surface area contributed by atoms with Gasteiger partial charge in [-0.05, 0) is 80.3 Å². The Morgan fingerprint density at radius 2 is 1.59 bits per heavy atom. The van der Waals surface area contributed by atoms with Gasteiger partial charge in [-0.2, -0.15) is 26.3 Å². The molecule has 1 aromatic heterocycles. The van der Waals surface area contributed by atoms with E-state index in [0.717, 1.165) is 66.4 Å². The first-order valence-electron chi connectivity index (χ1n) is 13.9. The van der Waals surface area contributed by atoms with Gasteiger partial charge in [0.25, 0.3) is 0 Å². The zero-order chi connectivity index (χ0) is 29.9. The van der Waals surface area contributed by atoms with E-state index in [2.05, 4.69) is 10.0 Å². The molecule has 0 aliphatic heterocycles. The van der Waals surface area contributed by atoms with Crippen LogP contribution in [-0.2, 0) is 38.3 Å². The molecule has 7 nitrogen and oxygen atoms in total. The average molecular weight is 586 g/mol. The van der Waals surface area contributed by atoms with Crippen molar-refractivity contribution in [3.8, 4) is 0 Å². The molecule has 2 aliphatic carbocycles. The van der Waals surface area contributed by atoms with Crippen LogP contribution in [0.1, 0.15) is 72.5 Å². The molecule has 1 aromatic carbocycles. The number of pyridine rings is 1. The van der Waals surface area contributed by atoms with Gasteiger partial charge >= 0.3 is 12.4 Å². The summed E-state index contributed by atoms with van der Waals surface area (Å²) in [6, 6.07) is 3.58. The lowest BCUT2D eigenvalue weighted by atomic mass is 10.0. The summed E-state index contributed by atoms with van der Waals surface area (Å²) in [6.07, 6.45) is -2.58. The summed E-state index contributed by atoms with van der Waals surface area (Å²) in [6.45, 7) is 3.28. The molecule has 0 atom stereocenters. The van der Waals surface area contributed by atoms with Crippen LogP contribution in [0.3, 0.4) is 0 Å². The summed E-state index contributed by atoms with van der Waals surface area (Å²) < 4.78 is 81.4. The van der Waals surface area contributed by atoms with Crippen molar-refractivity contribution in [3.63, 3.8) is 0 Å². The second kappa shape index (κ2) is 12.3. The maximum atomic E-state index is 13.6. The van der Waals surface area contributed by atoms with Crippen LogP contribution < -0.4 is 16.5 Å². The van der Waals surface area contributed by atoms with Gasteiger partial charge in [0.1, 0.15) is 5.82 Å². The minimum absolute atomic E-state index is 0.0670. The first kappa shape index (κ1) is 30.7. The third kappa shape index (κ3) is 7.75. The molecule has 0 radical (unpaired) electrons. The van der Waals surface area contributed by atoms with Crippen molar-refractivity contribution in [3.05, 3.63) is 57.8 Å². The molecular formula is C28H37F6N7. The molecule has 1 saturated carbocycles. The van der Waals surface area contributed by atoms with Gasteiger partial charge in [0.05, 0.1) is 11.1 Å². The number of alkyl halides is 6. The zero-order valence-corrected chi connectivity index (χ0v) is 23.3. The smallest absolute Gasteiger partial charge is 0.368 e. The number of hydrogen-bond acceptors (Lipinski definition) is 5. The number of hydrazine groups is 1. The van der Waals surface area contributed by atoms with Crippen molar-refractivity contribution < 1.29 is 26.3 Å². The summed E-state index contributed by atoms with van der Waals surface area (Å²) in [4.78, 5) is 8.68. The van der Waals surface area contributed by atoms with Crippen molar-refractivity contribution >= 4 is 11.8 Å². The van der Waals surface area contributed by atoms with E-state index in [4.69, 9.17) is 16.6 Å². The summed E-state index contributed by atoms with van der Waals surface area (Å²) in [5.74, 6) is 6.82. The molecule has 4 N–H and O–H groups in total.